The summed E-state index contributed by atoms with van der Waals surface area (Å²) < 4.78 is 19.6. The molecule has 150 valence electrons. The highest BCUT2D eigenvalue weighted by molar-refractivity contribution is 6.31. The van der Waals surface area contributed by atoms with E-state index in [1.165, 1.54) is 57.8 Å². The first kappa shape index (κ1) is 19.7. The molecule has 3 fully saturated rings. The second-order valence-electron chi connectivity index (χ2n) is 9.27. The van der Waals surface area contributed by atoms with Gasteiger partial charge < -0.3 is 4.74 Å². The minimum Gasteiger partial charge on any atom is -0.368 e. The highest BCUT2D eigenvalue weighted by atomic mass is 35.5. The van der Waals surface area contributed by atoms with Gasteiger partial charge >= 0.3 is 0 Å². The van der Waals surface area contributed by atoms with Gasteiger partial charge in [0.1, 0.15) is 11.9 Å². The molecule has 0 amide bonds. The molecule has 0 aromatic heterocycles. The van der Waals surface area contributed by atoms with Crippen LogP contribution in [0.4, 0.5) is 4.39 Å². The summed E-state index contributed by atoms with van der Waals surface area (Å²) in [5.41, 5.74) is 1.60. The molecule has 0 spiro atoms. The van der Waals surface area contributed by atoms with E-state index in [2.05, 4.69) is 6.92 Å². The SMILES string of the molecule is CCC1CCC(C2CCC(CCc3ccc(C4CO4)c(F)c3Cl)CC2)CC1. The summed E-state index contributed by atoms with van der Waals surface area (Å²) in [6.07, 6.45) is 14.7. The molecule has 0 bridgehead atoms. The van der Waals surface area contributed by atoms with Gasteiger partial charge in [-0.05, 0) is 67.8 Å². The van der Waals surface area contributed by atoms with E-state index in [1.54, 1.807) is 0 Å². The molecule has 1 aliphatic heterocycles. The number of rotatable bonds is 6. The zero-order chi connectivity index (χ0) is 18.8. The van der Waals surface area contributed by atoms with Crippen molar-refractivity contribution in [2.75, 3.05) is 6.61 Å². The minimum absolute atomic E-state index is 0.0702. The zero-order valence-electron chi connectivity index (χ0n) is 16.7. The molecular weight excluding hydrogens is 359 g/mol. The Balaban J connectivity index is 1.24. The van der Waals surface area contributed by atoms with Gasteiger partial charge in [0.25, 0.3) is 0 Å². The van der Waals surface area contributed by atoms with Crippen molar-refractivity contribution < 1.29 is 9.13 Å². The summed E-state index contributed by atoms with van der Waals surface area (Å²) in [6, 6.07) is 3.89. The molecule has 4 rings (SSSR count). The maximum atomic E-state index is 14.4. The molecule has 2 saturated carbocycles. The van der Waals surface area contributed by atoms with E-state index in [0.717, 1.165) is 42.1 Å². The van der Waals surface area contributed by atoms with Gasteiger partial charge in [-0.2, -0.15) is 0 Å². The number of hydrogen-bond acceptors (Lipinski definition) is 1. The second kappa shape index (κ2) is 8.82. The Morgan fingerprint density at radius 1 is 0.963 bits per heavy atom. The molecule has 1 heterocycles. The topological polar surface area (TPSA) is 12.5 Å². The summed E-state index contributed by atoms with van der Waals surface area (Å²) >= 11 is 6.31. The summed E-state index contributed by atoms with van der Waals surface area (Å²) in [6.45, 7) is 2.97. The minimum atomic E-state index is -0.261. The van der Waals surface area contributed by atoms with Gasteiger partial charge in [0.2, 0.25) is 0 Å². The summed E-state index contributed by atoms with van der Waals surface area (Å²) in [4.78, 5) is 0. The average Bonchev–Trinajstić information content (AvgIpc) is 3.55. The number of ether oxygens (including phenoxy) is 1. The lowest BCUT2D eigenvalue weighted by Gasteiger charge is -2.37. The van der Waals surface area contributed by atoms with E-state index in [4.69, 9.17) is 16.3 Å². The Morgan fingerprint density at radius 2 is 1.56 bits per heavy atom. The predicted octanol–water partition coefficient (Wildman–Crippen LogP) is 7.51. The van der Waals surface area contributed by atoms with Crippen LogP contribution in [0.1, 0.15) is 88.4 Å². The van der Waals surface area contributed by atoms with Crippen LogP contribution in [-0.4, -0.2) is 6.61 Å². The van der Waals surface area contributed by atoms with E-state index in [1.807, 2.05) is 12.1 Å². The van der Waals surface area contributed by atoms with Gasteiger partial charge in [-0.25, -0.2) is 4.39 Å². The third-order valence-corrected chi connectivity index (χ3v) is 8.13. The van der Waals surface area contributed by atoms with Crippen LogP contribution < -0.4 is 0 Å². The lowest BCUT2D eigenvalue weighted by molar-refractivity contribution is 0.142. The first-order valence-electron chi connectivity index (χ1n) is 11.2. The third-order valence-electron chi connectivity index (χ3n) is 7.72. The quantitative estimate of drug-likeness (QED) is 0.456. The Hall–Kier alpha value is -0.600. The molecule has 1 aromatic carbocycles. The molecular formula is C24H34ClFO. The molecule has 1 aromatic rings. The summed E-state index contributed by atoms with van der Waals surface area (Å²) in [5, 5.41) is 0.323. The van der Waals surface area contributed by atoms with Crippen LogP contribution in [-0.2, 0) is 11.2 Å². The van der Waals surface area contributed by atoms with Crippen LogP contribution in [0.15, 0.2) is 12.1 Å². The largest absolute Gasteiger partial charge is 0.368 e. The lowest BCUT2D eigenvalue weighted by Crippen LogP contribution is -2.25. The van der Waals surface area contributed by atoms with Gasteiger partial charge in [-0.3, -0.25) is 0 Å². The fourth-order valence-corrected chi connectivity index (χ4v) is 5.92. The van der Waals surface area contributed by atoms with Crippen LogP contribution in [0.5, 0.6) is 0 Å². The van der Waals surface area contributed by atoms with E-state index in [9.17, 15) is 4.39 Å². The molecule has 27 heavy (non-hydrogen) atoms. The number of epoxide rings is 1. The van der Waals surface area contributed by atoms with Crippen molar-refractivity contribution in [1.29, 1.82) is 0 Å². The molecule has 2 aliphatic carbocycles. The Morgan fingerprint density at radius 3 is 2.11 bits per heavy atom. The number of benzene rings is 1. The van der Waals surface area contributed by atoms with Crippen molar-refractivity contribution in [1.82, 2.24) is 0 Å². The molecule has 1 unspecified atom stereocenters. The average molecular weight is 393 g/mol. The van der Waals surface area contributed by atoms with Gasteiger partial charge in [0.15, 0.2) is 0 Å². The molecule has 0 radical (unpaired) electrons. The number of halogens is 2. The molecule has 3 heteroatoms. The van der Waals surface area contributed by atoms with Gasteiger partial charge in [0, 0.05) is 5.56 Å². The van der Waals surface area contributed by atoms with E-state index < -0.39 is 0 Å². The van der Waals surface area contributed by atoms with Crippen molar-refractivity contribution in [3.8, 4) is 0 Å². The summed E-state index contributed by atoms with van der Waals surface area (Å²) in [7, 11) is 0. The van der Waals surface area contributed by atoms with Crippen molar-refractivity contribution in [2.24, 2.45) is 23.7 Å². The van der Waals surface area contributed by atoms with Crippen molar-refractivity contribution in [2.45, 2.75) is 83.7 Å². The third kappa shape index (κ3) is 4.70. The monoisotopic (exact) mass is 392 g/mol. The Kier molecular flexibility index (Phi) is 6.44. The highest BCUT2D eigenvalue weighted by Crippen LogP contribution is 2.43. The highest BCUT2D eigenvalue weighted by Gasteiger charge is 2.31. The van der Waals surface area contributed by atoms with Crippen molar-refractivity contribution in [3.63, 3.8) is 0 Å². The molecule has 3 aliphatic rings. The zero-order valence-corrected chi connectivity index (χ0v) is 17.4. The smallest absolute Gasteiger partial charge is 0.147 e. The second-order valence-corrected chi connectivity index (χ2v) is 9.65. The fourth-order valence-electron chi connectivity index (χ4n) is 5.65. The van der Waals surface area contributed by atoms with E-state index in [-0.39, 0.29) is 11.9 Å². The van der Waals surface area contributed by atoms with Crippen LogP contribution in [0.2, 0.25) is 5.02 Å². The van der Waals surface area contributed by atoms with Gasteiger partial charge in [-0.1, -0.05) is 62.8 Å². The van der Waals surface area contributed by atoms with Crippen LogP contribution in [0, 0.1) is 29.5 Å². The van der Waals surface area contributed by atoms with Crippen molar-refractivity contribution in [3.05, 3.63) is 34.1 Å². The van der Waals surface area contributed by atoms with Crippen LogP contribution >= 0.6 is 11.6 Å². The Labute approximate surface area is 169 Å². The first-order chi connectivity index (χ1) is 13.2. The van der Waals surface area contributed by atoms with Crippen LogP contribution in [0.3, 0.4) is 0 Å². The summed E-state index contributed by atoms with van der Waals surface area (Å²) in [5.74, 6) is 3.50. The predicted molar refractivity (Wildman–Crippen MR) is 110 cm³/mol. The van der Waals surface area contributed by atoms with Crippen LogP contribution in [0.25, 0.3) is 0 Å². The number of aryl methyl sites for hydroxylation is 1. The fraction of sp³-hybridized carbons (Fsp3) is 0.750. The number of hydrogen-bond donors (Lipinski definition) is 0. The molecule has 0 N–H and O–H groups in total. The molecule has 1 nitrogen and oxygen atoms in total. The Bertz CT molecular complexity index is 626. The van der Waals surface area contributed by atoms with Crippen molar-refractivity contribution >= 4 is 11.6 Å². The molecule has 1 atom stereocenters. The van der Waals surface area contributed by atoms with Gasteiger partial charge in [-0.15, -0.1) is 0 Å². The maximum absolute atomic E-state index is 14.4. The van der Waals surface area contributed by atoms with Gasteiger partial charge in [0.05, 0.1) is 11.6 Å². The normalized spacial score (nSPS) is 33.8. The lowest BCUT2D eigenvalue weighted by atomic mass is 9.68. The van der Waals surface area contributed by atoms with E-state index in [0.29, 0.717) is 17.2 Å². The molecule has 1 saturated heterocycles. The maximum Gasteiger partial charge on any atom is 0.147 e. The standard InChI is InChI=1S/C24H34ClFO/c1-2-16-3-8-18(9-4-16)19-10-5-17(6-11-19)7-12-20-13-14-21(22-15-27-22)24(26)23(20)25/h13-14,16-19,22H,2-12,15H2,1H3. The van der Waals surface area contributed by atoms with E-state index >= 15 is 0 Å². The first-order valence-corrected chi connectivity index (χ1v) is 11.6.